The number of ether oxygens (including phenoxy) is 2. The number of rotatable bonds is 4. The Morgan fingerprint density at radius 1 is 1.18 bits per heavy atom. The zero-order chi connectivity index (χ0) is 16.3. The van der Waals surface area contributed by atoms with E-state index in [0.717, 1.165) is 13.2 Å². The van der Waals surface area contributed by atoms with Gasteiger partial charge in [-0.1, -0.05) is 23.2 Å². The Morgan fingerprint density at radius 2 is 1.82 bits per heavy atom. The zero-order valence-corrected chi connectivity index (χ0v) is 12.7. The summed E-state index contributed by atoms with van der Waals surface area (Å²) < 4.78 is 10.0. The van der Waals surface area contributed by atoms with E-state index < -0.39 is 16.6 Å². The standard InChI is InChI=1S/C14H9Cl2NO5/c1-21-14(18)10-6-13(11(16)7-12(10)17(19)20)22-9-4-2-8(15)3-5-9/h2-7H,1H3. The van der Waals surface area contributed by atoms with Crippen LogP contribution >= 0.6 is 23.2 Å². The van der Waals surface area contributed by atoms with Gasteiger partial charge < -0.3 is 9.47 Å². The van der Waals surface area contributed by atoms with E-state index in [2.05, 4.69) is 4.74 Å². The Hall–Kier alpha value is -2.31. The van der Waals surface area contributed by atoms with Crippen LogP contribution in [0.15, 0.2) is 36.4 Å². The quantitative estimate of drug-likeness (QED) is 0.465. The maximum Gasteiger partial charge on any atom is 0.345 e. The van der Waals surface area contributed by atoms with Crippen molar-refractivity contribution < 1.29 is 19.2 Å². The molecule has 8 heteroatoms. The molecule has 0 saturated heterocycles. The summed E-state index contributed by atoms with van der Waals surface area (Å²) in [5.41, 5.74) is -0.707. The minimum absolute atomic E-state index is 0.00527. The summed E-state index contributed by atoms with van der Waals surface area (Å²) in [5.74, 6) is -0.352. The van der Waals surface area contributed by atoms with Gasteiger partial charge in [-0.3, -0.25) is 10.1 Å². The number of methoxy groups -OCH3 is 1. The van der Waals surface area contributed by atoms with E-state index in [1.165, 1.54) is 6.07 Å². The molecule has 0 fully saturated rings. The van der Waals surface area contributed by atoms with Crippen molar-refractivity contribution >= 4 is 34.9 Å². The second-order valence-electron chi connectivity index (χ2n) is 4.10. The molecule has 0 aliphatic carbocycles. The van der Waals surface area contributed by atoms with E-state index in [0.29, 0.717) is 10.8 Å². The molecule has 0 unspecified atom stereocenters. The molecule has 0 radical (unpaired) electrons. The highest BCUT2D eigenvalue weighted by atomic mass is 35.5. The molecule has 2 rings (SSSR count). The first-order valence-electron chi connectivity index (χ1n) is 5.92. The summed E-state index contributed by atoms with van der Waals surface area (Å²) >= 11 is 11.7. The van der Waals surface area contributed by atoms with Crippen molar-refractivity contribution in [3.63, 3.8) is 0 Å². The fourth-order valence-corrected chi connectivity index (χ4v) is 2.00. The number of esters is 1. The van der Waals surface area contributed by atoms with Gasteiger partial charge in [0.15, 0.2) is 0 Å². The van der Waals surface area contributed by atoms with Crippen LogP contribution in [0.2, 0.25) is 10.0 Å². The number of nitro benzene ring substituents is 1. The summed E-state index contributed by atoms with van der Waals surface area (Å²) in [6.07, 6.45) is 0. The third kappa shape index (κ3) is 3.47. The molecule has 0 heterocycles. The van der Waals surface area contributed by atoms with Crippen molar-refractivity contribution in [2.45, 2.75) is 0 Å². The first kappa shape index (κ1) is 16.1. The Bertz CT molecular complexity index is 731. The highest BCUT2D eigenvalue weighted by Gasteiger charge is 2.24. The smallest absolute Gasteiger partial charge is 0.345 e. The van der Waals surface area contributed by atoms with Crippen LogP contribution in [-0.2, 0) is 4.74 Å². The third-order valence-electron chi connectivity index (χ3n) is 2.69. The summed E-state index contributed by atoms with van der Waals surface area (Å²) in [4.78, 5) is 21.9. The van der Waals surface area contributed by atoms with Crippen molar-refractivity contribution in [2.75, 3.05) is 7.11 Å². The Morgan fingerprint density at radius 3 is 2.36 bits per heavy atom. The monoisotopic (exact) mass is 341 g/mol. The second-order valence-corrected chi connectivity index (χ2v) is 4.95. The van der Waals surface area contributed by atoms with Crippen LogP contribution < -0.4 is 4.74 Å². The van der Waals surface area contributed by atoms with Crippen LogP contribution in [0.25, 0.3) is 0 Å². The first-order chi connectivity index (χ1) is 10.4. The molecule has 0 atom stereocenters. The molecule has 0 saturated carbocycles. The lowest BCUT2D eigenvalue weighted by atomic mass is 10.1. The van der Waals surface area contributed by atoms with Gasteiger partial charge in [0, 0.05) is 17.2 Å². The molecule has 0 spiro atoms. The topological polar surface area (TPSA) is 78.7 Å². The molecule has 0 N–H and O–H groups in total. The van der Waals surface area contributed by atoms with Gasteiger partial charge in [0.1, 0.15) is 17.1 Å². The molecule has 0 aliphatic heterocycles. The maximum atomic E-state index is 11.7. The highest BCUT2D eigenvalue weighted by molar-refractivity contribution is 6.32. The van der Waals surface area contributed by atoms with E-state index in [1.807, 2.05) is 0 Å². The van der Waals surface area contributed by atoms with Gasteiger partial charge in [-0.15, -0.1) is 0 Å². The van der Waals surface area contributed by atoms with Crippen LogP contribution in [0.1, 0.15) is 10.4 Å². The second kappa shape index (κ2) is 6.64. The lowest BCUT2D eigenvalue weighted by Gasteiger charge is -2.09. The van der Waals surface area contributed by atoms with E-state index in [4.69, 9.17) is 27.9 Å². The Labute approximate surface area is 135 Å². The molecular weight excluding hydrogens is 333 g/mol. The molecular formula is C14H9Cl2NO5. The fraction of sp³-hybridized carbons (Fsp3) is 0.0714. The number of benzene rings is 2. The molecule has 114 valence electrons. The zero-order valence-electron chi connectivity index (χ0n) is 11.2. The van der Waals surface area contributed by atoms with Crippen molar-refractivity contribution in [1.29, 1.82) is 0 Å². The van der Waals surface area contributed by atoms with Gasteiger partial charge >= 0.3 is 5.97 Å². The lowest BCUT2D eigenvalue weighted by Crippen LogP contribution is -2.06. The number of halogens is 2. The molecule has 0 amide bonds. The Kier molecular flexibility index (Phi) is 4.85. The fourth-order valence-electron chi connectivity index (χ4n) is 1.68. The highest BCUT2D eigenvalue weighted by Crippen LogP contribution is 2.35. The van der Waals surface area contributed by atoms with Crippen molar-refractivity contribution in [3.05, 3.63) is 62.1 Å². The van der Waals surface area contributed by atoms with Crippen molar-refractivity contribution in [2.24, 2.45) is 0 Å². The predicted octanol–water partition coefficient (Wildman–Crippen LogP) is 4.48. The molecule has 2 aromatic rings. The number of nitro groups is 1. The van der Waals surface area contributed by atoms with E-state index in [9.17, 15) is 14.9 Å². The minimum atomic E-state index is -0.857. The van der Waals surface area contributed by atoms with Crippen LogP contribution in [0.4, 0.5) is 5.69 Å². The summed E-state index contributed by atoms with van der Waals surface area (Å²) in [6, 6.07) is 8.62. The maximum absolute atomic E-state index is 11.7. The molecule has 2 aromatic carbocycles. The SMILES string of the molecule is COC(=O)c1cc(Oc2ccc(Cl)cc2)c(Cl)cc1[N+](=O)[O-]. The average molecular weight is 342 g/mol. The Balaban J connectivity index is 2.45. The van der Waals surface area contributed by atoms with Gasteiger partial charge in [-0.2, -0.15) is 0 Å². The third-order valence-corrected chi connectivity index (χ3v) is 3.24. The van der Waals surface area contributed by atoms with Crippen LogP contribution in [0, 0.1) is 10.1 Å². The van der Waals surface area contributed by atoms with Crippen LogP contribution in [0.5, 0.6) is 11.5 Å². The number of hydrogen-bond acceptors (Lipinski definition) is 5. The molecule has 0 aromatic heterocycles. The number of nitrogens with zero attached hydrogens (tertiary/aromatic N) is 1. The first-order valence-corrected chi connectivity index (χ1v) is 6.67. The van der Waals surface area contributed by atoms with Crippen molar-refractivity contribution in [3.8, 4) is 11.5 Å². The average Bonchev–Trinajstić information content (AvgIpc) is 2.50. The van der Waals surface area contributed by atoms with Gasteiger partial charge in [0.25, 0.3) is 5.69 Å². The van der Waals surface area contributed by atoms with E-state index in [-0.39, 0.29) is 16.3 Å². The van der Waals surface area contributed by atoms with Gasteiger partial charge in [-0.05, 0) is 24.3 Å². The van der Waals surface area contributed by atoms with Gasteiger partial charge in [-0.25, -0.2) is 4.79 Å². The number of carbonyl (C=O) groups excluding carboxylic acids is 1. The van der Waals surface area contributed by atoms with Gasteiger partial charge in [0.05, 0.1) is 17.1 Å². The van der Waals surface area contributed by atoms with Crippen LogP contribution in [0.3, 0.4) is 0 Å². The normalized spacial score (nSPS) is 10.1. The van der Waals surface area contributed by atoms with Crippen molar-refractivity contribution in [1.82, 2.24) is 0 Å². The molecule has 0 bridgehead atoms. The number of hydrogen-bond donors (Lipinski definition) is 0. The summed E-state index contributed by atoms with van der Waals surface area (Å²) in [5, 5.41) is 11.5. The molecule has 6 nitrogen and oxygen atoms in total. The summed E-state index contributed by atoms with van der Waals surface area (Å²) in [6.45, 7) is 0. The summed E-state index contributed by atoms with van der Waals surface area (Å²) in [7, 11) is 1.13. The minimum Gasteiger partial charge on any atom is -0.465 e. The van der Waals surface area contributed by atoms with E-state index in [1.54, 1.807) is 24.3 Å². The predicted molar refractivity (Wildman–Crippen MR) is 81.0 cm³/mol. The largest absolute Gasteiger partial charge is 0.465 e. The van der Waals surface area contributed by atoms with E-state index >= 15 is 0 Å². The number of carbonyl (C=O) groups is 1. The lowest BCUT2D eigenvalue weighted by molar-refractivity contribution is -0.385. The molecule has 22 heavy (non-hydrogen) atoms. The molecule has 0 aliphatic rings. The van der Waals surface area contributed by atoms with Crippen LogP contribution in [-0.4, -0.2) is 18.0 Å². The van der Waals surface area contributed by atoms with Gasteiger partial charge in [0.2, 0.25) is 0 Å².